The standard InChI is InChI=1S/C11H13F2NO/c1-5-8(12)4-9(13)6(2)10(5)11(15)7(3)14/h4,7H,14H2,1-3H3. The van der Waals surface area contributed by atoms with Crippen molar-refractivity contribution in [3.05, 3.63) is 34.4 Å². The highest BCUT2D eigenvalue weighted by atomic mass is 19.1. The molecule has 15 heavy (non-hydrogen) atoms. The molecule has 4 heteroatoms. The van der Waals surface area contributed by atoms with Gasteiger partial charge in [0.15, 0.2) is 5.78 Å². The molecule has 0 bridgehead atoms. The fraction of sp³-hybridized carbons (Fsp3) is 0.364. The molecule has 0 saturated heterocycles. The van der Waals surface area contributed by atoms with E-state index in [1.807, 2.05) is 0 Å². The zero-order valence-electron chi connectivity index (χ0n) is 8.90. The van der Waals surface area contributed by atoms with E-state index < -0.39 is 23.5 Å². The van der Waals surface area contributed by atoms with Gasteiger partial charge in [-0.05, 0) is 31.9 Å². The van der Waals surface area contributed by atoms with Crippen LogP contribution in [0.3, 0.4) is 0 Å². The lowest BCUT2D eigenvalue weighted by Gasteiger charge is -2.12. The lowest BCUT2D eigenvalue weighted by molar-refractivity contribution is 0.0965. The molecular formula is C11H13F2NO. The van der Waals surface area contributed by atoms with Crippen LogP contribution in [0.2, 0.25) is 0 Å². The van der Waals surface area contributed by atoms with E-state index in [0.29, 0.717) is 0 Å². The van der Waals surface area contributed by atoms with Crippen LogP contribution in [0.5, 0.6) is 0 Å². The Hall–Kier alpha value is -1.29. The number of carbonyl (C=O) groups excluding carboxylic acids is 1. The van der Waals surface area contributed by atoms with Gasteiger partial charge in [-0.15, -0.1) is 0 Å². The van der Waals surface area contributed by atoms with Crippen LogP contribution in [0.15, 0.2) is 6.07 Å². The Bertz CT molecular complexity index is 387. The van der Waals surface area contributed by atoms with Crippen molar-refractivity contribution >= 4 is 5.78 Å². The average Bonchev–Trinajstić information content (AvgIpc) is 2.15. The van der Waals surface area contributed by atoms with Crippen molar-refractivity contribution in [3.63, 3.8) is 0 Å². The predicted octanol–water partition coefficient (Wildman–Crippen LogP) is 2.11. The first-order valence-electron chi connectivity index (χ1n) is 4.61. The summed E-state index contributed by atoms with van der Waals surface area (Å²) in [5.41, 5.74) is 5.77. The van der Waals surface area contributed by atoms with Crippen molar-refractivity contribution in [2.24, 2.45) is 5.73 Å². The lowest BCUT2D eigenvalue weighted by Crippen LogP contribution is -2.28. The first kappa shape index (κ1) is 11.8. The smallest absolute Gasteiger partial charge is 0.179 e. The van der Waals surface area contributed by atoms with Gasteiger partial charge >= 0.3 is 0 Å². The van der Waals surface area contributed by atoms with Crippen LogP contribution in [0.1, 0.15) is 28.4 Å². The summed E-state index contributed by atoms with van der Waals surface area (Å²) >= 11 is 0. The molecule has 0 amide bonds. The van der Waals surface area contributed by atoms with Gasteiger partial charge in [0, 0.05) is 11.6 Å². The average molecular weight is 213 g/mol. The largest absolute Gasteiger partial charge is 0.321 e. The molecule has 0 aliphatic heterocycles. The number of hydrogen-bond donors (Lipinski definition) is 1. The van der Waals surface area contributed by atoms with E-state index >= 15 is 0 Å². The van der Waals surface area contributed by atoms with Gasteiger partial charge in [0.25, 0.3) is 0 Å². The number of benzene rings is 1. The van der Waals surface area contributed by atoms with E-state index in [0.717, 1.165) is 6.07 Å². The van der Waals surface area contributed by atoms with Crippen molar-refractivity contribution in [1.82, 2.24) is 0 Å². The molecule has 1 aromatic rings. The van der Waals surface area contributed by atoms with Gasteiger partial charge in [-0.2, -0.15) is 0 Å². The summed E-state index contributed by atoms with van der Waals surface area (Å²) < 4.78 is 26.4. The highest BCUT2D eigenvalue weighted by molar-refractivity contribution is 6.02. The Labute approximate surface area is 87.1 Å². The maximum absolute atomic E-state index is 13.2. The van der Waals surface area contributed by atoms with E-state index in [-0.39, 0.29) is 16.7 Å². The molecule has 0 fully saturated rings. The van der Waals surface area contributed by atoms with Crippen LogP contribution in [-0.4, -0.2) is 11.8 Å². The van der Waals surface area contributed by atoms with Crippen molar-refractivity contribution in [2.75, 3.05) is 0 Å². The normalized spacial score (nSPS) is 12.7. The Morgan fingerprint density at radius 1 is 1.27 bits per heavy atom. The molecule has 1 unspecified atom stereocenters. The Morgan fingerprint density at radius 2 is 1.67 bits per heavy atom. The van der Waals surface area contributed by atoms with Crippen LogP contribution in [0, 0.1) is 25.5 Å². The Kier molecular flexibility index (Phi) is 3.19. The highest BCUT2D eigenvalue weighted by Gasteiger charge is 2.20. The summed E-state index contributed by atoms with van der Waals surface area (Å²) in [6, 6.07) is 0.0198. The maximum atomic E-state index is 13.2. The third kappa shape index (κ3) is 2.04. The summed E-state index contributed by atoms with van der Waals surface area (Å²) in [5, 5.41) is 0. The highest BCUT2D eigenvalue weighted by Crippen LogP contribution is 2.21. The molecular weight excluding hydrogens is 200 g/mol. The minimum atomic E-state index is -0.761. The van der Waals surface area contributed by atoms with Gasteiger partial charge in [0.2, 0.25) is 0 Å². The van der Waals surface area contributed by atoms with Crippen LogP contribution in [0.4, 0.5) is 8.78 Å². The fourth-order valence-electron chi connectivity index (χ4n) is 1.45. The zero-order valence-corrected chi connectivity index (χ0v) is 8.90. The molecule has 0 aliphatic rings. The third-order valence-corrected chi connectivity index (χ3v) is 2.38. The second kappa shape index (κ2) is 4.06. The molecule has 0 heterocycles. The number of rotatable bonds is 2. The van der Waals surface area contributed by atoms with Gasteiger partial charge in [-0.25, -0.2) is 8.78 Å². The monoisotopic (exact) mass is 213 g/mol. The van der Waals surface area contributed by atoms with E-state index in [4.69, 9.17) is 5.73 Å². The molecule has 0 radical (unpaired) electrons. The molecule has 82 valence electrons. The molecule has 0 aromatic heterocycles. The zero-order chi connectivity index (χ0) is 11.7. The predicted molar refractivity (Wildman–Crippen MR) is 53.8 cm³/mol. The summed E-state index contributed by atoms with van der Waals surface area (Å²) in [5.74, 6) is -1.88. The van der Waals surface area contributed by atoms with Gasteiger partial charge < -0.3 is 5.73 Å². The minimum Gasteiger partial charge on any atom is -0.321 e. The molecule has 0 aliphatic carbocycles. The molecule has 0 saturated carbocycles. The number of hydrogen-bond acceptors (Lipinski definition) is 2. The van der Waals surface area contributed by atoms with E-state index in [1.54, 1.807) is 0 Å². The summed E-state index contributed by atoms with van der Waals surface area (Å²) in [6.07, 6.45) is 0. The van der Waals surface area contributed by atoms with E-state index in [2.05, 4.69) is 0 Å². The molecule has 1 atom stereocenters. The van der Waals surface area contributed by atoms with Crippen molar-refractivity contribution in [3.8, 4) is 0 Å². The SMILES string of the molecule is Cc1c(F)cc(F)c(C)c1C(=O)C(C)N. The quantitative estimate of drug-likeness (QED) is 0.764. The van der Waals surface area contributed by atoms with Crippen LogP contribution < -0.4 is 5.73 Å². The number of carbonyl (C=O) groups is 1. The van der Waals surface area contributed by atoms with Crippen LogP contribution >= 0.6 is 0 Å². The van der Waals surface area contributed by atoms with Crippen molar-refractivity contribution in [1.29, 1.82) is 0 Å². The van der Waals surface area contributed by atoms with Crippen molar-refractivity contribution < 1.29 is 13.6 Å². The van der Waals surface area contributed by atoms with Crippen molar-refractivity contribution in [2.45, 2.75) is 26.8 Å². The lowest BCUT2D eigenvalue weighted by atomic mass is 9.95. The van der Waals surface area contributed by atoms with Gasteiger partial charge in [0.05, 0.1) is 6.04 Å². The Balaban J connectivity index is 3.46. The topological polar surface area (TPSA) is 43.1 Å². The van der Waals surface area contributed by atoms with E-state index in [1.165, 1.54) is 20.8 Å². The summed E-state index contributed by atoms with van der Waals surface area (Å²) in [7, 11) is 0. The summed E-state index contributed by atoms with van der Waals surface area (Å²) in [4.78, 5) is 11.6. The molecule has 1 aromatic carbocycles. The fourth-order valence-corrected chi connectivity index (χ4v) is 1.45. The third-order valence-electron chi connectivity index (χ3n) is 2.38. The maximum Gasteiger partial charge on any atom is 0.179 e. The van der Waals surface area contributed by atoms with Crippen LogP contribution in [0.25, 0.3) is 0 Å². The first-order valence-corrected chi connectivity index (χ1v) is 4.61. The molecule has 2 N–H and O–H groups in total. The second-order valence-electron chi connectivity index (χ2n) is 3.62. The first-order chi connectivity index (χ1) is 6.86. The molecule has 2 nitrogen and oxygen atoms in total. The number of Topliss-reactive ketones (excluding diaryl/α,β-unsaturated/α-hetero) is 1. The number of ketones is 1. The molecule has 0 spiro atoms. The van der Waals surface area contributed by atoms with Crippen LogP contribution in [-0.2, 0) is 0 Å². The van der Waals surface area contributed by atoms with E-state index in [9.17, 15) is 13.6 Å². The number of halogens is 2. The van der Waals surface area contributed by atoms with Gasteiger partial charge in [-0.3, -0.25) is 4.79 Å². The summed E-state index contributed by atoms with van der Waals surface area (Å²) in [6.45, 7) is 4.37. The molecule has 1 rings (SSSR count). The van der Waals surface area contributed by atoms with Gasteiger partial charge in [0.1, 0.15) is 11.6 Å². The van der Waals surface area contributed by atoms with Gasteiger partial charge in [-0.1, -0.05) is 0 Å². The minimum absolute atomic E-state index is 0.0579. The Morgan fingerprint density at radius 3 is 2.00 bits per heavy atom. The second-order valence-corrected chi connectivity index (χ2v) is 3.62. The number of nitrogens with two attached hydrogens (primary N) is 1.